The van der Waals surface area contributed by atoms with E-state index < -0.39 is 0 Å². The lowest BCUT2D eigenvalue weighted by molar-refractivity contribution is 0.309. The van der Waals surface area contributed by atoms with Gasteiger partial charge in [-0.1, -0.05) is 36.2 Å². The topological polar surface area (TPSA) is 12.0 Å². The van der Waals surface area contributed by atoms with E-state index in [-0.39, 0.29) is 0 Å². The molecule has 2 fully saturated rings. The Bertz CT molecular complexity index is 412. The van der Waals surface area contributed by atoms with Crippen LogP contribution in [0.4, 0.5) is 0 Å². The Morgan fingerprint density at radius 1 is 1.28 bits per heavy atom. The second kappa shape index (κ2) is 5.05. The molecular weight excluding hydrogens is 218 g/mol. The summed E-state index contributed by atoms with van der Waals surface area (Å²) in [5.74, 6) is 3.05. The highest BCUT2D eigenvalue weighted by atomic mass is 14.9. The molecule has 4 atom stereocenters. The van der Waals surface area contributed by atoms with Crippen LogP contribution in [-0.4, -0.2) is 6.54 Å². The van der Waals surface area contributed by atoms with Gasteiger partial charge in [-0.05, 0) is 63.0 Å². The first-order chi connectivity index (χ1) is 8.72. The molecule has 2 aliphatic carbocycles. The first kappa shape index (κ1) is 12.2. The first-order valence-electron chi connectivity index (χ1n) is 7.52. The van der Waals surface area contributed by atoms with Gasteiger partial charge in [0.25, 0.3) is 0 Å². The molecule has 0 heterocycles. The molecule has 18 heavy (non-hydrogen) atoms. The standard InChI is InChI=1S/C17H25N/c1-12-4-3-5-15(8-12)13(2)18-11-17-10-14-6-7-16(17)9-14/h3-5,8,13-14,16-18H,6-7,9-11H2,1-2H3. The van der Waals surface area contributed by atoms with Crippen LogP contribution >= 0.6 is 0 Å². The van der Waals surface area contributed by atoms with Crippen molar-refractivity contribution in [3.05, 3.63) is 35.4 Å². The van der Waals surface area contributed by atoms with E-state index in [0.717, 1.165) is 17.8 Å². The Morgan fingerprint density at radius 2 is 2.17 bits per heavy atom. The van der Waals surface area contributed by atoms with Crippen molar-refractivity contribution in [1.82, 2.24) is 5.32 Å². The zero-order valence-corrected chi connectivity index (χ0v) is 11.7. The minimum atomic E-state index is 0.490. The molecule has 98 valence electrons. The van der Waals surface area contributed by atoms with E-state index in [1.807, 2.05) is 0 Å². The van der Waals surface area contributed by atoms with Gasteiger partial charge < -0.3 is 5.32 Å². The van der Waals surface area contributed by atoms with Crippen LogP contribution < -0.4 is 5.32 Å². The summed E-state index contributed by atoms with van der Waals surface area (Å²) in [6.07, 6.45) is 6.01. The van der Waals surface area contributed by atoms with Gasteiger partial charge in [-0.25, -0.2) is 0 Å². The largest absolute Gasteiger partial charge is 0.310 e. The second-order valence-corrected chi connectivity index (χ2v) is 6.48. The smallest absolute Gasteiger partial charge is 0.0292 e. The summed E-state index contributed by atoms with van der Waals surface area (Å²) < 4.78 is 0. The van der Waals surface area contributed by atoms with Crippen LogP contribution in [-0.2, 0) is 0 Å². The van der Waals surface area contributed by atoms with Gasteiger partial charge in [-0.3, -0.25) is 0 Å². The van der Waals surface area contributed by atoms with Crippen molar-refractivity contribution in [2.24, 2.45) is 17.8 Å². The van der Waals surface area contributed by atoms with Gasteiger partial charge >= 0.3 is 0 Å². The molecule has 0 aliphatic heterocycles. The molecule has 0 radical (unpaired) electrons. The van der Waals surface area contributed by atoms with Gasteiger partial charge in [0.2, 0.25) is 0 Å². The molecule has 0 saturated heterocycles. The quantitative estimate of drug-likeness (QED) is 0.840. The van der Waals surface area contributed by atoms with E-state index in [1.165, 1.54) is 43.4 Å². The third-order valence-corrected chi connectivity index (χ3v) is 5.11. The number of fused-ring (bicyclic) bond motifs is 2. The highest BCUT2D eigenvalue weighted by molar-refractivity contribution is 5.24. The molecule has 1 N–H and O–H groups in total. The fraction of sp³-hybridized carbons (Fsp3) is 0.647. The van der Waals surface area contributed by atoms with Crippen LogP contribution in [0.5, 0.6) is 0 Å². The number of hydrogen-bond acceptors (Lipinski definition) is 1. The average molecular weight is 243 g/mol. The SMILES string of the molecule is Cc1cccc(C(C)NCC2CC3CCC2C3)c1. The van der Waals surface area contributed by atoms with Crippen molar-refractivity contribution in [3.63, 3.8) is 0 Å². The number of benzene rings is 1. The molecular formula is C17H25N. The lowest BCUT2D eigenvalue weighted by Crippen LogP contribution is -2.28. The summed E-state index contributed by atoms with van der Waals surface area (Å²) in [6, 6.07) is 9.38. The normalized spacial score (nSPS) is 31.8. The molecule has 1 aromatic carbocycles. The molecule has 3 rings (SSSR count). The average Bonchev–Trinajstić information content (AvgIpc) is 2.98. The highest BCUT2D eigenvalue weighted by Gasteiger charge is 2.39. The Labute approximate surface area is 111 Å². The molecule has 2 saturated carbocycles. The summed E-state index contributed by atoms with van der Waals surface area (Å²) in [4.78, 5) is 0. The fourth-order valence-electron chi connectivity index (χ4n) is 4.01. The van der Waals surface area contributed by atoms with Crippen molar-refractivity contribution >= 4 is 0 Å². The summed E-state index contributed by atoms with van der Waals surface area (Å²) >= 11 is 0. The number of aryl methyl sites for hydroxylation is 1. The fourth-order valence-corrected chi connectivity index (χ4v) is 4.01. The van der Waals surface area contributed by atoms with Crippen molar-refractivity contribution < 1.29 is 0 Å². The predicted molar refractivity (Wildman–Crippen MR) is 76.5 cm³/mol. The molecule has 0 amide bonds. The Kier molecular flexibility index (Phi) is 3.43. The Morgan fingerprint density at radius 3 is 2.83 bits per heavy atom. The van der Waals surface area contributed by atoms with Crippen molar-refractivity contribution in [3.8, 4) is 0 Å². The van der Waals surface area contributed by atoms with E-state index >= 15 is 0 Å². The lowest BCUT2D eigenvalue weighted by Gasteiger charge is -2.24. The lowest BCUT2D eigenvalue weighted by atomic mass is 9.88. The number of nitrogens with one attached hydrogen (secondary N) is 1. The Balaban J connectivity index is 1.54. The molecule has 0 spiro atoms. The van der Waals surface area contributed by atoms with Crippen LogP contribution in [0.15, 0.2) is 24.3 Å². The monoisotopic (exact) mass is 243 g/mol. The van der Waals surface area contributed by atoms with Crippen molar-refractivity contribution in [2.45, 2.75) is 45.6 Å². The third-order valence-electron chi connectivity index (χ3n) is 5.11. The molecule has 0 aromatic heterocycles. The van der Waals surface area contributed by atoms with Crippen LogP contribution in [0.2, 0.25) is 0 Å². The summed E-state index contributed by atoms with van der Waals surface area (Å²) in [5.41, 5.74) is 2.79. The molecule has 2 aliphatic rings. The highest BCUT2D eigenvalue weighted by Crippen LogP contribution is 2.48. The van der Waals surface area contributed by atoms with Gasteiger partial charge in [-0.15, -0.1) is 0 Å². The molecule has 1 heteroatoms. The molecule has 4 unspecified atom stereocenters. The van der Waals surface area contributed by atoms with Gasteiger partial charge in [0.05, 0.1) is 0 Å². The van der Waals surface area contributed by atoms with Gasteiger partial charge in [0.15, 0.2) is 0 Å². The van der Waals surface area contributed by atoms with Crippen LogP contribution in [0.1, 0.15) is 49.8 Å². The minimum Gasteiger partial charge on any atom is -0.310 e. The van der Waals surface area contributed by atoms with Crippen LogP contribution in [0.25, 0.3) is 0 Å². The number of rotatable bonds is 4. The van der Waals surface area contributed by atoms with Gasteiger partial charge in [0.1, 0.15) is 0 Å². The summed E-state index contributed by atoms with van der Waals surface area (Å²) in [6.45, 7) is 5.68. The second-order valence-electron chi connectivity index (χ2n) is 6.48. The predicted octanol–water partition coefficient (Wildman–Crippen LogP) is 4.08. The minimum absolute atomic E-state index is 0.490. The third kappa shape index (κ3) is 2.47. The molecule has 1 nitrogen and oxygen atoms in total. The maximum absolute atomic E-state index is 3.75. The maximum Gasteiger partial charge on any atom is 0.0292 e. The summed E-state index contributed by atoms with van der Waals surface area (Å²) in [5, 5.41) is 3.75. The first-order valence-corrected chi connectivity index (χ1v) is 7.52. The van der Waals surface area contributed by atoms with Crippen LogP contribution in [0, 0.1) is 24.7 Å². The maximum atomic E-state index is 3.75. The zero-order valence-electron chi connectivity index (χ0n) is 11.7. The number of hydrogen-bond donors (Lipinski definition) is 1. The molecule has 2 bridgehead atoms. The van der Waals surface area contributed by atoms with E-state index in [4.69, 9.17) is 0 Å². The van der Waals surface area contributed by atoms with Crippen LogP contribution in [0.3, 0.4) is 0 Å². The van der Waals surface area contributed by atoms with Gasteiger partial charge in [-0.2, -0.15) is 0 Å². The zero-order chi connectivity index (χ0) is 12.5. The van der Waals surface area contributed by atoms with Gasteiger partial charge in [0, 0.05) is 6.04 Å². The van der Waals surface area contributed by atoms with E-state index in [9.17, 15) is 0 Å². The van der Waals surface area contributed by atoms with Crippen molar-refractivity contribution in [1.29, 1.82) is 0 Å². The van der Waals surface area contributed by atoms with Crippen molar-refractivity contribution in [2.75, 3.05) is 6.54 Å². The van der Waals surface area contributed by atoms with E-state index in [2.05, 4.69) is 43.4 Å². The van der Waals surface area contributed by atoms with E-state index in [1.54, 1.807) is 0 Å². The van der Waals surface area contributed by atoms with E-state index in [0.29, 0.717) is 6.04 Å². The molecule has 1 aromatic rings. The summed E-state index contributed by atoms with van der Waals surface area (Å²) in [7, 11) is 0. The Hall–Kier alpha value is -0.820.